The second kappa shape index (κ2) is 4.78. The van der Waals surface area contributed by atoms with E-state index in [-0.39, 0.29) is 0 Å². The molecule has 0 saturated heterocycles. The Hall–Kier alpha value is -1.85. The average molecular weight is 229 g/mol. The molecular weight excluding hydrogens is 220 g/mol. The third-order valence-corrected chi connectivity index (χ3v) is 2.66. The molecule has 0 amide bonds. The lowest BCUT2D eigenvalue weighted by Gasteiger charge is -2.03. The minimum Gasteiger partial charge on any atom is -0.246 e. The minimum atomic E-state index is 0.435. The van der Waals surface area contributed by atoms with Gasteiger partial charge in [-0.25, -0.2) is 4.98 Å². The Bertz CT molecular complexity index is 544. The fraction of sp³-hybridized carbons (Fsp3) is 0.0769. The molecule has 78 valence electrons. The van der Waals surface area contributed by atoms with Crippen molar-refractivity contribution in [2.75, 3.05) is 0 Å². The molecule has 2 nitrogen and oxygen atoms in total. The van der Waals surface area contributed by atoms with E-state index in [0.29, 0.717) is 5.69 Å². The lowest BCUT2D eigenvalue weighted by molar-refractivity contribution is 1.15. The number of rotatable bonds is 2. The highest BCUT2D eigenvalue weighted by atomic mass is 35.5. The summed E-state index contributed by atoms with van der Waals surface area (Å²) in [4.78, 5) is 3.93. The molecule has 2 aromatic rings. The number of hydrogen-bond acceptors (Lipinski definition) is 2. The third-order valence-electron chi connectivity index (χ3n) is 2.29. The molecule has 0 unspecified atom stereocenters. The summed E-state index contributed by atoms with van der Waals surface area (Å²) in [5.74, 6) is 0. The van der Waals surface area contributed by atoms with Crippen LogP contribution in [-0.4, -0.2) is 4.98 Å². The van der Waals surface area contributed by atoms with Gasteiger partial charge in [0.15, 0.2) is 0 Å². The van der Waals surface area contributed by atoms with Gasteiger partial charge in [-0.05, 0) is 35.7 Å². The third kappa shape index (κ3) is 2.39. The predicted octanol–water partition coefficient (Wildman–Crippen LogP) is 3.20. The maximum absolute atomic E-state index is 8.74. The predicted molar refractivity (Wildman–Crippen MR) is 63.2 cm³/mol. The molecule has 1 aromatic heterocycles. The summed E-state index contributed by atoms with van der Waals surface area (Å²) in [6, 6.07) is 13.4. The van der Waals surface area contributed by atoms with Gasteiger partial charge in [0, 0.05) is 11.2 Å². The molecule has 0 aliphatic rings. The molecule has 0 aliphatic heterocycles. The Morgan fingerprint density at radius 3 is 2.81 bits per heavy atom. The van der Waals surface area contributed by atoms with Crippen LogP contribution in [0.2, 0.25) is 5.02 Å². The van der Waals surface area contributed by atoms with Crippen molar-refractivity contribution in [2.45, 2.75) is 6.42 Å². The van der Waals surface area contributed by atoms with Crippen molar-refractivity contribution in [1.82, 2.24) is 4.98 Å². The number of pyridine rings is 1. The lowest BCUT2D eigenvalue weighted by atomic mass is 10.1. The van der Waals surface area contributed by atoms with Gasteiger partial charge >= 0.3 is 0 Å². The van der Waals surface area contributed by atoms with E-state index in [1.807, 2.05) is 36.4 Å². The first-order chi connectivity index (χ1) is 7.79. The Morgan fingerprint density at radius 2 is 2.06 bits per heavy atom. The van der Waals surface area contributed by atoms with Gasteiger partial charge in [-0.15, -0.1) is 0 Å². The largest absolute Gasteiger partial charge is 0.246 e. The molecule has 16 heavy (non-hydrogen) atoms. The second-order valence-electron chi connectivity index (χ2n) is 3.43. The Labute approximate surface area is 99.1 Å². The molecule has 0 atom stereocenters. The number of benzene rings is 1. The van der Waals surface area contributed by atoms with Crippen LogP contribution >= 0.6 is 11.6 Å². The normalized spacial score (nSPS) is 9.75. The van der Waals surface area contributed by atoms with Gasteiger partial charge in [0.1, 0.15) is 11.8 Å². The van der Waals surface area contributed by atoms with Crippen LogP contribution in [-0.2, 0) is 6.42 Å². The Balaban J connectivity index is 2.28. The number of halogens is 1. The zero-order valence-corrected chi connectivity index (χ0v) is 9.28. The Morgan fingerprint density at radius 1 is 1.25 bits per heavy atom. The molecule has 0 spiro atoms. The molecule has 2 rings (SSSR count). The molecule has 0 bridgehead atoms. The monoisotopic (exact) mass is 228 g/mol. The zero-order valence-electron chi connectivity index (χ0n) is 8.52. The number of aromatic nitrogens is 1. The van der Waals surface area contributed by atoms with Crippen LogP contribution in [0.25, 0.3) is 0 Å². The van der Waals surface area contributed by atoms with Crippen LogP contribution in [0.1, 0.15) is 16.8 Å². The topological polar surface area (TPSA) is 36.7 Å². The summed E-state index contributed by atoms with van der Waals surface area (Å²) in [7, 11) is 0. The summed E-state index contributed by atoms with van der Waals surface area (Å²) in [5.41, 5.74) is 2.53. The van der Waals surface area contributed by atoms with Gasteiger partial charge < -0.3 is 0 Å². The van der Waals surface area contributed by atoms with Gasteiger partial charge in [0.2, 0.25) is 0 Å². The minimum absolute atomic E-state index is 0.435. The number of nitrogens with zero attached hydrogens (tertiary/aromatic N) is 2. The molecule has 0 radical (unpaired) electrons. The summed E-state index contributed by atoms with van der Waals surface area (Å²) >= 11 is 6.07. The van der Waals surface area contributed by atoms with Crippen molar-refractivity contribution in [3.8, 4) is 6.07 Å². The second-order valence-corrected chi connectivity index (χ2v) is 3.84. The maximum Gasteiger partial charge on any atom is 0.140 e. The molecule has 3 heteroatoms. The van der Waals surface area contributed by atoms with Crippen molar-refractivity contribution >= 4 is 11.6 Å². The van der Waals surface area contributed by atoms with Crippen LogP contribution in [0.3, 0.4) is 0 Å². The van der Waals surface area contributed by atoms with Crippen LogP contribution in [0.5, 0.6) is 0 Å². The highest BCUT2D eigenvalue weighted by Crippen LogP contribution is 2.18. The summed E-state index contributed by atoms with van der Waals surface area (Å²) < 4.78 is 0. The molecule has 0 saturated carbocycles. The summed E-state index contributed by atoms with van der Waals surface area (Å²) in [6.45, 7) is 0. The van der Waals surface area contributed by atoms with Crippen molar-refractivity contribution in [1.29, 1.82) is 5.26 Å². The zero-order chi connectivity index (χ0) is 11.4. The Kier molecular flexibility index (Phi) is 3.19. The van der Waals surface area contributed by atoms with E-state index in [9.17, 15) is 0 Å². The van der Waals surface area contributed by atoms with E-state index in [2.05, 4.69) is 4.98 Å². The SMILES string of the molecule is N#Cc1cc(Cc2ccccc2Cl)ccn1. The quantitative estimate of drug-likeness (QED) is 0.792. The van der Waals surface area contributed by atoms with Gasteiger partial charge in [-0.1, -0.05) is 29.8 Å². The van der Waals surface area contributed by atoms with E-state index in [1.165, 1.54) is 0 Å². The average Bonchev–Trinajstić information content (AvgIpc) is 2.32. The first kappa shape index (κ1) is 10.7. The molecule has 1 heterocycles. The van der Waals surface area contributed by atoms with Crippen LogP contribution in [0.4, 0.5) is 0 Å². The van der Waals surface area contributed by atoms with Gasteiger partial charge in [0.05, 0.1) is 0 Å². The van der Waals surface area contributed by atoms with Crippen molar-refractivity contribution < 1.29 is 0 Å². The van der Waals surface area contributed by atoms with E-state index >= 15 is 0 Å². The summed E-state index contributed by atoms with van der Waals surface area (Å²) in [5, 5.41) is 9.49. The number of hydrogen-bond donors (Lipinski definition) is 0. The van der Waals surface area contributed by atoms with Gasteiger partial charge in [0.25, 0.3) is 0 Å². The highest BCUT2D eigenvalue weighted by molar-refractivity contribution is 6.31. The molecular formula is C13H9ClN2. The highest BCUT2D eigenvalue weighted by Gasteiger charge is 2.01. The van der Waals surface area contributed by atoms with Crippen molar-refractivity contribution in [3.63, 3.8) is 0 Å². The molecule has 0 fully saturated rings. The maximum atomic E-state index is 8.74. The van der Waals surface area contributed by atoms with Crippen molar-refractivity contribution in [2.24, 2.45) is 0 Å². The van der Waals surface area contributed by atoms with E-state index in [0.717, 1.165) is 22.6 Å². The van der Waals surface area contributed by atoms with E-state index < -0.39 is 0 Å². The first-order valence-corrected chi connectivity index (χ1v) is 5.26. The van der Waals surface area contributed by atoms with Gasteiger partial charge in [-0.3, -0.25) is 0 Å². The lowest BCUT2D eigenvalue weighted by Crippen LogP contribution is -1.91. The fourth-order valence-corrected chi connectivity index (χ4v) is 1.71. The van der Waals surface area contributed by atoms with Crippen molar-refractivity contribution in [3.05, 3.63) is 64.4 Å². The molecule has 0 aliphatic carbocycles. The standard InChI is InChI=1S/C13H9ClN2/c14-13-4-2-1-3-11(13)7-10-5-6-16-12(8-10)9-15/h1-6,8H,7H2. The fourth-order valence-electron chi connectivity index (χ4n) is 1.51. The summed E-state index contributed by atoms with van der Waals surface area (Å²) in [6.07, 6.45) is 2.36. The van der Waals surface area contributed by atoms with Crippen LogP contribution in [0.15, 0.2) is 42.6 Å². The molecule has 1 aromatic carbocycles. The smallest absolute Gasteiger partial charge is 0.140 e. The number of nitriles is 1. The van der Waals surface area contributed by atoms with Crippen LogP contribution < -0.4 is 0 Å². The first-order valence-electron chi connectivity index (χ1n) is 4.88. The van der Waals surface area contributed by atoms with E-state index in [1.54, 1.807) is 12.3 Å². The van der Waals surface area contributed by atoms with Crippen LogP contribution in [0, 0.1) is 11.3 Å². The van der Waals surface area contributed by atoms with Gasteiger partial charge in [-0.2, -0.15) is 5.26 Å². The molecule has 0 N–H and O–H groups in total. The van der Waals surface area contributed by atoms with E-state index in [4.69, 9.17) is 16.9 Å².